The predicted molar refractivity (Wildman–Crippen MR) is 76.8 cm³/mol. The molecule has 0 aliphatic rings. The van der Waals surface area contributed by atoms with Crippen LogP contribution in [-0.4, -0.2) is 22.0 Å². The minimum atomic E-state index is -1.62. The van der Waals surface area contributed by atoms with Gasteiger partial charge < -0.3 is 10.2 Å². The minimum absolute atomic E-state index is 0.307. The molecule has 0 saturated heterocycles. The standard InChI is InChI=1S/C15H11FO4S/c16-11-3-1-9(2-4-11)5-12-6-10(8-21-12)13(17)7-14(18)15(19)20/h1-4,6-8,17H,5H2,(H,19,20). The fraction of sp³-hybridized carbons (Fsp3) is 0.0667. The molecule has 1 heterocycles. The van der Waals surface area contributed by atoms with Crippen LogP contribution in [0.1, 0.15) is 16.0 Å². The van der Waals surface area contributed by atoms with E-state index in [-0.39, 0.29) is 11.6 Å². The molecule has 108 valence electrons. The maximum absolute atomic E-state index is 12.8. The first-order valence-corrected chi connectivity index (χ1v) is 6.84. The summed E-state index contributed by atoms with van der Waals surface area (Å²) in [5.41, 5.74) is 1.29. The molecular weight excluding hydrogens is 295 g/mol. The molecule has 0 fully saturated rings. The van der Waals surface area contributed by atoms with Gasteiger partial charge in [-0.2, -0.15) is 0 Å². The van der Waals surface area contributed by atoms with Crippen LogP contribution < -0.4 is 0 Å². The van der Waals surface area contributed by atoms with Gasteiger partial charge >= 0.3 is 5.97 Å². The highest BCUT2D eigenvalue weighted by Crippen LogP contribution is 2.23. The Hall–Kier alpha value is -2.47. The molecule has 0 saturated carbocycles. The van der Waals surface area contributed by atoms with Gasteiger partial charge in [-0.05, 0) is 23.8 Å². The van der Waals surface area contributed by atoms with E-state index in [0.717, 1.165) is 10.4 Å². The highest BCUT2D eigenvalue weighted by Gasteiger charge is 2.12. The minimum Gasteiger partial charge on any atom is -0.507 e. The van der Waals surface area contributed by atoms with E-state index in [1.54, 1.807) is 23.6 Å². The van der Waals surface area contributed by atoms with Crippen LogP contribution in [0, 0.1) is 5.82 Å². The average molecular weight is 306 g/mol. The number of halogens is 1. The molecule has 0 spiro atoms. The maximum Gasteiger partial charge on any atom is 0.376 e. The third-order valence-electron chi connectivity index (χ3n) is 2.72. The fourth-order valence-electron chi connectivity index (χ4n) is 1.68. The molecule has 2 aromatic rings. The van der Waals surface area contributed by atoms with Gasteiger partial charge in [-0.1, -0.05) is 12.1 Å². The van der Waals surface area contributed by atoms with E-state index in [1.807, 2.05) is 0 Å². The van der Waals surface area contributed by atoms with Crippen LogP contribution in [0.15, 0.2) is 41.8 Å². The Balaban J connectivity index is 2.12. The zero-order chi connectivity index (χ0) is 15.4. The lowest BCUT2D eigenvalue weighted by Gasteiger charge is -1.98. The number of ketones is 1. The molecular formula is C15H11FO4S. The summed E-state index contributed by atoms with van der Waals surface area (Å²) < 4.78 is 12.8. The Labute approximate surface area is 123 Å². The summed E-state index contributed by atoms with van der Waals surface area (Å²) in [6.07, 6.45) is 1.23. The summed E-state index contributed by atoms with van der Waals surface area (Å²) in [5, 5.41) is 19.8. The normalized spacial score (nSPS) is 11.4. The van der Waals surface area contributed by atoms with Crippen molar-refractivity contribution in [1.29, 1.82) is 0 Å². The Morgan fingerprint density at radius 2 is 1.86 bits per heavy atom. The lowest BCUT2D eigenvalue weighted by Crippen LogP contribution is -2.09. The smallest absolute Gasteiger partial charge is 0.376 e. The quantitative estimate of drug-likeness (QED) is 0.506. The molecule has 1 aromatic carbocycles. The summed E-state index contributed by atoms with van der Waals surface area (Å²) in [4.78, 5) is 22.3. The van der Waals surface area contributed by atoms with Crippen molar-refractivity contribution >= 4 is 28.8 Å². The summed E-state index contributed by atoms with van der Waals surface area (Å²) in [6, 6.07) is 7.73. The van der Waals surface area contributed by atoms with Crippen molar-refractivity contribution in [2.75, 3.05) is 0 Å². The highest BCUT2D eigenvalue weighted by molar-refractivity contribution is 7.10. The molecule has 0 aliphatic carbocycles. The second-order valence-corrected chi connectivity index (χ2v) is 5.30. The van der Waals surface area contributed by atoms with Crippen LogP contribution in [-0.2, 0) is 16.0 Å². The van der Waals surface area contributed by atoms with E-state index in [0.29, 0.717) is 18.1 Å². The van der Waals surface area contributed by atoms with Gasteiger partial charge in [0.15, 0.2) is 0 Å². The second kappa shape index (κ2) is 6.32. The van der Waals surface area contributed by atoms with Crippen molar-refractivity contribution < 1.29 is 24.2 Å². The van der Waals surface area contributed by atoms with Gasteiger partial charge in [0.05, 0.1) is 0 Å². The van der Waals surface area contributed by atoms with E-state index < -0.39 is 11.8 Å². The number of thiophene rings is 1. The fourth-order valence-corrected chi connectivity index (χ4v) is 2.59. The van der Waals surface area contributed by atoms with Crippen LogP contribution >= 0.6 is 11.3 Å². The first kappa shape index (κ1) is 14.9. The SMILES string of the molecule is O=C(O)C(=O)C=C(O)c1csc(Cc2ccc(F)cc2)c1. The molecule has 2 rings (SSSR count). The molecule has 0 bridgehead atoms. The molecule has 6 heteroatoms. The number of hydrogen-bond donors (Lipinski definition) is 2. The van der Waals surface area contributed by atoms with Gasteiger partial charge in [-0.15, -0.1) is 11.3 Å². The molecule has 0 radical (unpaired) electrons. The molecule has 21 heavy (non-hydrogen) atoms. The van der Waals surface area contributed by atoms with Crippen LogP contribution in [0.5, 0.6) is 0 Å². The number of carbonyl (C=O) groups is 2. The average Bonchev–Trinajstić information content (AvgIpc) is 2.90. The number of benzene rings is 1. The van der Waals surface area contributed by atoms with Crippen molar-refractivity contribution in [1.82, 2.24) is 0 Å². The van der Waals surface area contributed by atoms with Crippen LogP contribution in [0.4, 0.5) is 4.39 Å². The van der Waals surface area contributed by atoms with E-state index in [2.05, 4.69) is 0 Å². The summed E-state index contributed by atoms with van der Waals surface area (Å²) >= 11 is 1.36. The van der Waals surface area contributed by atoms with E-state index in [1.165, 1.54) is 23.5 Å². The number of rotatable bonds is 5. The Bertz CT molecular complexity index is 701. The van der Waals surface area contributed by atoms with Crippen LogP contribution in [0.25, 0.3) is 5.76 Å². The van der Waals surface area contributed by atoms with Gasteiger partial charge in [0, 0.05) is 28.3 Å². The number of aliphatic carboxylic acids is 1. The van der Waals surface area contributed by atoms with Crippen LogP contribution in [0.3, 0.4) is 0 Å². The third-order valence-corrected chi connectivity index (χ3v) is 3.66. The number of carboxylic acid groups (broad SMARTS) is 1. The Kier molecular flexibility index (Phi) is 4.49. The van der Waals surface area contributed by atoms with Crippen molar-refractivity contribution in [3.63, 3.8) is 0 Å². The van der Waals surface area contributed by atoms with Gasteiger partial charge in [-0.3, -0.25) is 4.79 Å². The largest absolute Gasteiger partial charge is 0.507 e. The second-order valence-electron chi connectivity index (χ2n) is 4.30. The number of aliphatic hydroxyl groups is 1. The number of hydrogen-bond acceptors (Lipinski definition) is 4. The summed E-state index contributed by atoms with van der Waals surface area (Å²) in [6.45, 7) is 0. The molecule has 4 nitrogen and oxygen atoms in total. The monoisotopic (exact) mass is 306 g/mol. The summed E-state index contributed by atoms with van der Waals surface area (Å²) in [7, 11) is 0. The van der Waals surface area contributed by atoms with E-state index in [4.69, 9.17) is 5.11 Å². The topological polar surface area (TPSA) is 74.6 Å². The maximum atomic E-state index is 12.8. The van der Waals surface area contributed by atoms with Crippen molar-refractivity contribution in [2.24, 2.45) is 0 Å². The Morgan fingerprint density at radius 1 is 1.19 bits per heavy atom. The first-order chi connectivity index (χ1) is 9.95. The molecule has 0 aliphatic heterocycles. The lowest BCUT2D eigenvalue weighted by molar-refractivity contribution is -0.146. The number of aliphatic hydroxyl groups excluding tert-OH is 1. The van der Waals surface area contributed by atoms with Crippen molar-refractivity contribution in [3.8, 4) is 0 Å². The van der Waals surface area contributed by atoms with Crippen LogP contribution in [0.2, 0.25) is 0 Å². The summed E-state index contributed by atoms with van der Waals surface area (Å²) in [5.74, 6) is -3.50. The molecule has 0 atom stereocenters. The number of carboxylic acids is 1. The molecule has 2 N–H and O–H groups in total. The predicted octanol–water partition coefficient (Wildman–Crippen LogP) is 3.03. The number of carbonyl (C=O) groups excluding carboxylic acids is 1. The van der Waals surface area contributed by atoms with Crippen molar-refractivity contribution in [3.05, 3.63) is 63.6 Å². The van der Waals surface area contributed by atoms with E-state index in [9.17, 15) is 19.1 Å². The van der Waals surface area contributed by atoms with Gasteiger partial charge in [0.25, 0.3) is 5.78 Å². The highest BCUT2D eigenvalue weighted by atomic mass is 32.1. The zero-order valence-electron chi connectivity index (χ0n) is 10.7. The van der Waals surface area contributed by atoms with Crippen molar-refractivity contribution in [2.45, 2.75) is 6.42 Å². The van der Waals surface area contributed by atoms with Gasteiger partial charge in [-0.25, -0.2) is 9.18 Å². The first-order valence-electron chi connectivity index (χ1n) is 5.96. The lowest BCUT2D eigenvalue weighted by atomic mass is 10.1. The molecule has 1 aromatic heterocycles. The third kappa shape index (κ3) is 4.00. The van der Waals surface area contributed by atoms with E-state index >= 15 is 0 Å². The molecule has 0 amide bonds. The molecule has 0 unspecified atom stereocenters. The van der Waals surface area contributed by atoms with Gasteiger partial charge in [0.2, 0.25) is 0 Å². The Morgan fingerprint density at radius 3 is 2.48 bits per heavy atom. The zero-order valence-corrected chi connectivity index (χ0v) is 11.6. The van der Waals surface area contributed by atoms with Gasteiger partial charge in [0.1, 0.15) is 11.6 Å².